The number of alkyl halides is 1. The molecule has 0 aromatic rings. The SMILES string of the molecule is CC(Br)C(C)[S+](C)C. The van der Waals surface area contributed by atoms with Crippen LogP contribution in [-0.4, -0.2) is 22.6 Å². The fraction of sp³-hybridized carbons (Fsp3) is 1.00. The van der Waals surface area contributed by atoms with Gasteiger partial charge in [-0.1, -0.05) is 15.9 Å². The van der Waals surface area contributed by atoms with Gasteiger partial charge in [-0.2, -0.15) is 0 Å². The fourth-order valence-corrected chi connectivity index (χ4v) is 2.42. The van der Waals surface area contributed by atoms with E-state index in [1.807, 2.05) is 0 Å². The van der Waals surface area contributed by atoms with Gasteiger partial charge < -0.3 is 0 Å². The molecule has 0 bridgehead atoms. The summed E-state index contributed by atoms with van der Waals surface area (Å²) in [5.74, 6) is 0. The quantitative estimate of drug-likeness (QED) is 0.470. The molecule has 0 radical (unpaired) electrons. The van der Waals surface area contributed by atoms with E-state index in [0.717, 1.165) is 5.25 Å². The van der Waals surface area contributed by atoms with Crippen LogP contribution in [0.3, 0.4) is 0 Å². The molecule has 0 aliphatic carbocycles. The van der Waals surface area contributed by atoms with E-state index in [-0.39, 0.29) is 0 Å². The van der Waals surface area contributed by atoms with E-state index in [1.54, 1.807) is 0 Å². The zero-order valence-electron chi connectivity index (χ0n) is 5.94. The molecule has 0 aliphatic rings. The van der Waals surface area contributed by atoms with E-state index >= 15 is 0 Å². The predicted molar refractivity (Wildman–Crippen MR) is 47.1 cm³/mol. The van der Waals surface area contributed by atoms with Crippen LogP contribution in [0.2, 0.25) is 0 Å². The molecule has 0 amide bonds. The van der Waals surface area contributed by atoms with Crippen molar-refractivity contribution >= 4 is 26.8 Å². The third-order valence-electron chi connectivity index (χ3n) is 1.39. The monoisotopic (exact) mass is 197 g/mol. The van der Waals surface area contributed by atoms with Gasteiger partial charge in [0.05, 0.1) is 17.3 Å². The van der Waals surface area contributed by atoms with Gasteiger partial charge in [-0.15, -0.1) is 0 Å². The molecule has 0 fully saturated rings. The van der Waals surface area contributed by atoms with Gasteiger partial charge in [0.25, 0.3) is 0 Å². The van der Waals surface area contributed by atoms with Gasteiger partial charge >= 0.3 is 0 Å². The summed E-state index contributed by atoms with van der Waals surface area (Å²) in [4.78, 5) is 0.667. The Morgan fingerprint density at radius 3 is 1.62 bits per heavy atom. The molecular weight excluding hydrogens is 184 g/mol. The van der Waals surface area contributed by atoms with Crippen molar-refractivity contribution < 1.29 is 0 Å². The van der Waals surface area contributed by atoms with Crippen LogP contribution < -0.4 is 0 Å². The summed E-state index contributed by atoms with van der Waals surface area (Å²) >= 11 is 3.55. The fourth-order valence-electron chi connectivity index (χ4n) is 0.375. The first-order valence-corrected chi connectivity index (χ1v) is 5.78. The highest BCUT2D eigenvalue weighted by atomic mass is 79.9. The van der Waals surface area contributed by atoms with E-state index < -0.39 is 0 Å². The molecule has 50 valence electrons. The molecule has 0 nitrogen and oxygen atoms in total. The van der Waals surface area contributed by atoms with Gasteiger partial charge in [0, 0.05) is 0 Å². The Balaban J connectivity index is 3.46. The third-order valence-corrected chi connectivity index (χ3v) is 4.43. The zero-order chi connectivity index (χ0) is 6.73. The van der Waals surface area contributed by atoms with Crippen molar-refractivity contribution in [2.24, 2.45) is 0 Å². The molecule has 0 rings (SSSR count). The molecule has 0 saturated carbocycles. The van der Waals surface area contributed by atoms with Gasteiger partial charge in [0.1, 0.15) is 5.25 Å². The van der Waals surface area contributed by atoms with Crippen LogP contribution >= 0.6 is 15.9 Å². The molecule has 0 aliphatic heterocycles. The van der Waals surface area contributed by atoms with Crippen molar-refractivity contribution in [2.45, 2.75) is 23.9 Å². The Labute approximate surface area is 63.5 Å². The Morgan fingerprint density at radius 1 is 1.25 bits per heavy atom. The van der Waals surface area contributed by atoms with Crippen LogP contribution in [0.15, 0.2) is 0 Å². The van der Waals surface area contributed by atoms with Crippen LogP contribution in [0.4, 0.5) is 0 Å². The first-order chi connectivity index (χ1) is 3.55. The van der Waals surface area contributed by atoms with Crippen molar-refractivity contribution in [3.05, 3.63) is 0 Å². The summed E-state index contributed by atoms with van der Waals surface area (Å²) in [5, 5.41) is 0.815. The average molecular weight is 198 g/mol. The van der Waals surface area contributed by atoms with Crippen LogP contribution in [0.5, 0.6) is 0 Å². The molecule has 0 heterocycles. The van der Waals surface area contributed by atoms with Gasteiger partial charge in [-0.05, 0) is 24.7 Å². The smallest absolute Gasteiger partial charge is 0.0839 e. The van der Waals surface area contributed by atoms with E-state index in [9.17, 15) is 0 Å². The number of hydrogen-bond acceptors (Lipinski definition) is 0. The lowest BCUT2D eigenvalue weighted by molar-refractivity contribution is 0.937. The standard InChI is InChI=1S/C6H14BrS/c1-5(7)6(2)8(3)4/h5-6H,1-4H3/q+1. The second kappa shape index (κ2) is 3.78. The lowest BCUT2D eigenvalue weighted by Crippen LogP contribution is -2.22. The second-order valence-corrected chi connectivity index (χ2v) is 6.21. The van der Waals surface area contributed by atoms with E-state index in [1.165, 1.54) is 0 Å². The summed E-state index contributed by atoms with van der Waals surface area (Å²) in [5.41, 5.74) is 0. The van der Waals surface area contributed by atoms with Crippen molar-refractivity contribution in [1.29, 1.82) is 0 Å². The molecule has 0 aromatic heterocycles. The van der Waals surface area contributed by atoms with Crippen LogP contribution in [0.1, 0.15) is 13.8 Å². The number of halogens is 1. The average Bonchev–Trinajstić information content (AvgIpc) is 1.64. The molecular formula is C6H14BrS+. The summed E-state index contributed by atoms with van der Waals surface area (Å²) in [6, 6.07) is 0. The van der Waals surface area contributed by atoms with Gasteiger partial charge in [-0.3, -0.25) is 0 Å². The lowest BCUT2D eigenvalue weighted by Gasteiger charge is -2.09. The van der Waals surface area contributed by atoms with Gasteiger partial charge in [0.2, 0.25) is 0 Å². The molecule has 0 saturated heterocycles. The number of hydrogen-bond donors (Lipinski definition) is 0. The van der Waals surface area contributed by atoms with Crippen molar-refractivity contribution in [3.8, 4) is 0 Å². The maximum Gasteiger partial charge on any atom is 0.127 e. The molecule has 0 aromatic carbocycles. The Hall–Kier alpha value is 0.830. The maximum atomic E-state index is 3.55. The highest BCUT2D eigenvalue weighted by Gasteiger charge is 2.19. The summed E-state index contributed by atoms with van der Waals surface area (Å²) in [6.07, 6.45) is 4.56. The molecule has 0 N–H and O–H groups in total. The minimum absolute atomic E-state index is 0.563. The summed E-state index contributed by atoms with van der Waals surface area (Å²) in [6.45, 7) is 4.49. The van der Waals surface area contributed by atoms with Crippen molar-refractivity contribution in [3.63, 3.8) is 0 Å². The second-order valence-electron chi connectivity index (χ2n) is 2.26. The van der Waals surface area contributed by atoms with E-state index in [4.69, 9.17) is 0 Å². The van der Waals surface area contributed by atoms with Crippen molar-refractivity contribution in [1.82, 2.24) is 0 Å². The summed E-state index contributed by atoms with van der Waals surface area (Å²) < 4.78 is 0. The molecule has 8 heavy (non-hydrogen) atoms. The predicted octanol–water partition coefficient (Wildman–Crippen LogP) is 2.04. The lowest BCUT2D eigenvalue weighted by atomic mass is 10.4. The maximum absolute atomic E-state index is 3.55. The highest BCUT2D eigenvalue weighted by molar-refractivity contribution is 9.09. The Morgan fingerprint density at radius 2 is 1.62 bits per heavy atom. The van der Waals surface area contributed by atoms with Crippen molar-refractivity contribution in [2.75, 3.05) is 12.5 Å². The van der Waals surface area contributed by atoms with Gasteiger partial charge in [-0.25, -0.2) is 0 Å². The first-order valence-electron chi connectivity index (χ1n) is 2.76. The highest BCUT2D eigenvalue weighted by Crippen LogP contribution is 2.11. The first kappa shape index (κ1) is 8.83. The molecule has 2 atom stereocenters. The Bertz CT molecular complexity index is 53.5. The van der Waals surface area contributed by atoms with E-state index in [0.29, 0.717) is 15.7 Å². The largest absolute Gasteiger partial charge is 0.127 e. The number of rotatable bonds is 2. The minimum atomic E-state index is 0.563. The van der Waals surface area contributed by atoms with Crippen LogP contribution in [-0.2, 0) is 10.9 Å². The normalized spacial score (nSPS) is 18.8. The Kier molecular flexibility index (Phi) is 4.17. The van der Waals surface area contributed by atoms with Crippen LogP contribution in [0.25, 0.3) is 0 Å². The van der Waals surface area contributed by atoms with Gasteiger partial charge in [0.15, 0.2) is 0 Å². The third kappa shape index (κ3) is 2.98. The van der Waals surface area contributed by atoms with E-state index in [2.05, 4.69) is 42.3 Å². The molecule has 2 heteroatoms. The van der Waals surface area contributed by atoms with Crippen LogP contribution in [0, 0.1) is 0 Å². The molecule has 0 spiro atoms. The summed E-state index contributed by atoms with van der Waals surface area (Å²) in [7, 11) is 0.563. The zero-order valence-corrected chi connectivity index (χ0v) is 8.34. The minimum Gasteiger partial charge on any atom is -0.0839 e. The molecule has 2 unspecified atom stereocenters. The topological polar surface area (TPSA) is 0 Å².